The lowest BCUT2D eigenvalue weighted by Gasteiger charge is -2.30. The van der Waals surface area contributed by atoms with Gasteiger partial charge in [-0.25, -0.2) is 4.98 Å². The normalized spacial score (nSPS) is 11.8. The molecule has 0 saturated heterocycles. The lowest BCUT2D eigenvalue weighted by molar-refractivity contribution is -0.133. The molecule has 0 fully saturated rings. The molecule has 184 valence electrons. The summed E-state index contributed by atoms with van der Waals surface area (Å²) in [6.45, 7) is 19.4. The molecule has 0 aliphatic carbocycles. The quantitative estimate of drug-likeness (QED) is 0.408. The van der Waals surface area contributed by atoms with Gasteiger partial charge in [-0.2, -0.15) is 5.10 Å². The van der Waals surface area contributed by atoms with E-state index in [-0.39, 0.29) is 11.3 Å². The molecule has 1 heterocycles. The lowest BCUT2D eigenvalue weighted by Crippen LogP contribution is -2.38. The maximum absolute atomic E-state index is 13.0. The number of carbonyl (C=O) groups excluding carboxylic acids is 1. The summed E-state index contributed by atoms with van der Waals surface area (Å²) in [6, 6.07) is 6.81. The predicted octanol–water partition coefficient (Wildman–Crippen LogP) is 5.36. The van der Waals surface area contributed by atoms with Gasteiger partial charge in [0, 0.05) is 38.3 Å². The molecule has 0 spiro atoms. The molecule has 0 unspecified atom stereocenters. The lowest BCUT2D eigenvalue weighted by atomic mass is 9.91. The molecule has 2 aromatic rings. The van der Waals surface area contributed by atoms with E-state index in [0.29, 0.717) is 12.3 Å². The van der Waals surface area contributed by atoms with Crippen LogP contribution < -0.4 is 4.90 Å². The maximum Gasteiger partial charge on any atom is 0.223 e. The Hall–Kier alpha value is -2.37. The van der Waals surface area contributed by atoms with Gasteiger partial charge in [0.2, 0.25) is 5.91 Å². The van der Waals surface area contributed by atoms with Gasteiger partial charge in [0.15, 0.2) is 0 Å². The fourth-order valence-electron chi connectivity index (χ4n) is 4.11. The molecule has 0 aliphatic rings. The molecular weight excluding hydrogens is 410 g/mol. The van der Waals surface area contributed by atoms with Crippen molar-refractivity contribution in [1.82, 2.24) is 19.7 Å². The Morgan fingerprint density at radius 2 is 1.91 bits per heavy atom. The number of hydrogen-bond donors (Lipinski definition) is 0. The smallest absolute Gasteiger partial charge is 0.223 e. The summed E-state index contributed by atoms with van der Waals surface area (Å²) in [4.78, 5) is 21.5. The molecule has 6 nitrogen and oxygen atoms in total. The third kappa shape index (κ3) is 9.56. The minimum absolute atomic E-state index is 0.00766. The second-order valence-electron chi connectivity index (χ2n) is 10.8. The molecule has 0 bridgehead atoms. The summed E-state index contributed by atoms with van der Waals surface area (Å²) in [7, 11) is 0. The van der Waals surface area contributed by atoms with Crippen LogP contribution in [-0.4, -0.2) is 51.8 Å². The summed E-state index contributed by atoms with van der Waals surface area (Å²) in [5, 5.41) is 4.27. The van der Waals surface area contributed by atoms with E-state index in [1.54, 1.807) is 12.7 Å². The Morgan fingerprint density at radius 1 is 1.15 bits per heavy atom. The van der Waals surface area contributed by atoms with Gasteiger partial charge < -0.3 is 9.80 Å². The minimum atomic E-state index is 0.00766. The summed E-state index contributed by atoms with van der Waals surface area (Å²) in [5.74, 6) is 0.733. The van der Waals surface area contributed by atoms with Gasteiger partial charge in [-0.15, -0.1) is 0 Å². The number of benzene rings is 1. The average Bonchev–Trinajstić information content (AvgIpc) is 3.23. The zero-order valence-electron chi connectivity index (χ0n) is 22.0. The van der Waals surface area contributed by atoms with E-state index in [1.165, 1.54) is 16.8 Å². The maximum atomic E-state index is 13.0. The van der Waals surface area contributed by atoms with Crippen LogP contribution in [0.2, 0.25) is 0 Å². The fraction of sp³-hybridized carbons (Fsp3) is 0.667. The van der Waals surface area contributed by atoms with Gasteiger partial charge in [-0.1, -0.05) is 54.0 Å². The van der Waals surface area contributed by atoms with Gasteiger partial charge in [-0.3, -0.25) is 9.48 Å². The Kier molecular flexibility index (Phi) is 10.4. The number of hydrogen-bond acceptors (Lipinski definition) is 4. The molecule has 6 heteroatoms. The average molecular weight is 456 g/mol. The van der Waals surface area contributed by atoms with Crippen molar-refractivity contribution in [2.75, 3.05) is 31.1 Å². The second-order valence-corrected chi connectivity index (χ2v) is 10.8. The van der Waals surface area contributed by atoms with Gasteiger partial charge in [-0.05, 0) is 54.4 Å². The van der Waals surface area contributed by atoms with E-state index in [0.717, 1.165) is 52.0 Å². The SMILES string of the molecule is CCCc1cc(N(CCCN(CC(C)C)C(=O)CC(C)(C)C)CCn2cncn2)ccc1C. The first kappa shape index (κ1) is 26.9. The number of carbonyl (C=O) groups is 1. The first-order chi connectivity index (χ1) is 15.6. The Labute approximate surface area is 201 Å². The number of aryl methyl sites for hydroxylation is 2. The largest absolute Gasteiger partial charge is 0.370 e. The van der Waals surface area contributed by atoms with Crippen molar-refractivity contribution in [3.63, 3.8) is 0 Å². The standard InChI is InChI=1S/C27H45N5O/c1-8-10-24-17-25(12-11-23(24)4)30(15-16-32-21-28-20-29-32)13-9-14-31(19-22(2)3)26(33)18-27(5,6)7/h11-12,17,20-22H,8-10,13-16,18-19H2,1-7H3. The van der Waals surface area contributed by atoms with Crippen molar-refractivity contribution in [2.45, 2.75) is 80.7 Å². The van der Waals surface area contributed by atoms with Gasteiger partial charge >= 0.3 is 0 Å². The highest BCUT2D eigenvalue weighted by atomic mass is 16.2. The van der Waals surface area contributed by atoms with E-state index >= 15 is 0 Å². The second kappa shape index (κ2) is 12.8. The van der Waals surface area contributed by atoms with Crippen LogP contribution in [0.4, 0.5) is 5.69 Å². The summed E-state index contributed by atoms with van der Waals surface area (Å²) >= 11 is 0. The molecule has 0 saturated carbocycles. The van der Waals surface area contributed by atoms with E-state index in [4.69, 9.17) is 0 Å². The zero-order valence-corrected chi connectivity index (χ0v) is 22.0. The molecule has 1 amide bonds. The van der Waals surface area contributed by atoms with Gasteiger partial charge in [0.1, 0.15) is 12.7 Å². The van der Waals surface area contributed by atoms with Crippen LogP contribution in [0.5, 0.6) is 0 Å². The van der Waals surface area contributed by atoms with Crippen molar-refractivity contribution < 1.29 is 4.79 Å². The Bertz CT molecular complexity index is 839. The van der Waals surface area contributed by atoms with E-state index in [1.807, 2.05) is 4.68 Å². The van der Waals surface area contributed by atoms with Crippen LogP contribution in [0, 0.1) is 18.3 Å². The van der Waals surface area contributed by atoms with Crippen LogP contribution in [0.25, 0.3) is 0 Å². The van der Waals surface area contributed by atoms with Crippen molar-refractivity contribution in [3.8, 4) is 0 Å². The molecule has 2 rings (SSSR count). The van der Waals surface area contributed by atoms with Gasteiger partial charge in [0.25, 0.3) is 0 Å². The molecule has 0 radical (unpaired) electrons. The predicted molar refractivity (Wildman–Crippen MR) is 138 cm³/mol. The van der Waals surface area contributed by atoms with Crippen LogP contribution in [0.15, 0.2) is 30.9 Å². The van der Waals surface area contributed by atoms with Crippen LogP contribution in [0.3, 0.4) is 0 Å². The summed E-state index contributed by atoms with van der Waals surface area (Å²) in [6.07, 6.45) is 7.12. The number of aromatic nitrogens is 3. The Morgan fingerprint density at radius 3 is 2.52 bits per heavy atom. The number of nitrogens with zero attached hydrogens (tertiary/aromatic N) is 5. The number of amides is 1. The molecule has 1 aromatic carbocycles. The highest BCUT2D eigenvalue weighted by Crippen LogP contribution is 2.22. The third-order valence-electron chi connectivity index (χ3n) is 5.76. The van der Waals surface area contributed by atoms with E-state index in [9.17, 15) is 4.79 Å². The van der Waals surface area contributed by atoms with E-state index < -0.39 is 0 Å². The van der Waals surface area contributed by atoms with Crippen LogP contribution >= 0.6 is 0 Å². The minimum Gasteiger partial charge on any atom is -0.370 e. The van der Waals surface area contributed by atoms with Crippen molar-refractivity contribution in [1.29, 1.82) is 0 Å². The molecule has 1 aromatic heterocycles. The number of anilines is 1. The first-order valence-electron chi connectivity index (χ1n) is 12.5. The number of rotatable bonds is 13. The Balaban J connectivity index is 2.11. The van der Waals surface area contributed by atoms with Crippen LogP contribution in [0.1, 0.15) is 71.9 Å². The fourth-order valence-corrected chi connectivity index (χ4v) is 4.11. The van der Waals surface area contributed by atoms with Crippen molar-refractivity contribution in [3.05, 3.63) is 42.0 Å². The molecule has 33 heavy (non-hydrogen) atoms. The van der Waals surface area contributed by atoms with Crippen LogP contribution in [-0.2, 0) is 17.8 Å². The monoisotopic (exact) mass is 455 g/mol. The van der Waals surface area contributed by atoms with Crippen molar-refractivity contribution >= 4 is 11.6 Å². The first-order valence-corrected chi connectivity index (χ1v) is 12.5. The molecular formula is C27H45N5O. The summed E-state index contributed by atoms with van der Waals surface area (Å²) in [5.41, 5.74) is 4.03. The topological polar surface area (TPSA) is 54.3 Å². The summed E-state index contributed by atoms with van der Waals surface area (Å²) < 4.78 is 1.88. The highest BCUT2D eigenvalue weighted by molar-refractivity contribution is 5.76. The molecule has 0 N–H and O–H groups in total. The van der Waals surface area contributed by atoms with Gasteiger partial charge in [0.05, 0.1) is 6.54 Å². The van der Waals surface area contributed by atoms with E-state index in [2.05, 4.69) is 86.5 Å². The zero-order chi connectivity index (χ0) is 24.4. The highest BCUT2D eigenvalue weighted by Gasteiger charge is 2.22. The molecule has 0 atom stereocenters. The van der Waals surface area contributed by atoms with Crippen molar-refractivity contribution in [2.24, 2.45) is 11.3 Å². The molecule has 0 aliphatic heterocycles. The third-order valence-corrected chi connectivity index (χ3v) is 5.76.